The number of benzene rings is 1. The predicted octanol–water partition coefficient (Wildman–Crippen LogP) is 2.69. The lowest BCUT2D eigenvalue weighted by atomic mass is 10.2. The Morgan fingerprint density at radius 3 is 2.75 bits per heavy atom. The Kier molecular flexibility index (Phi) is 8.84. The minimum Gasteiger partial charge on any atom is -0.493 e. The molecule has 32 heavy (non-hydrogen) atoms. The summed E-state index contributed by atoms with van der Waals surface area (Å²) in [5.41, 5.74) is 4.86. The maximum absolute atomic E-state index is 10.2. The van der Waals surface area contributed by atoms with Crippen LogP contribution in [0.25, 0.3) is 0 Å². The molecule has 2 N–H and O–H groups in total. The Morgan fingerprint density at radius 2 is 2.00 bits per heavy atom. The van der Waals surface area contributed by atoms with Gasteiger partial charge in [0, 0.05) is 43.5 Å². The van der Waals surface area contributed by atoms with Gasteiger partial charge in [0.2, 0.25) is 0 Å². The molecule has 1 heterocycles. The van der Waals surface area contributed by atoms with E-state index in [4.69, 9.17) is 14.5 Å². The van der Waals surface area contributed by atoms with Gasteiger partial charge >= 0.3 is 0 Å². The number of hydrogen-bond donors (Lipinski definition) is 2. The molecule has 0 radical (unpaired) electrons. The first kappa shape index (κ1) is 24.4. The number of aromatic nitrogens is 2. The van der Waals surface area contributed by atoms with Crippen LogP contribution in [0, 0.1) is 6.92 Å². The summed E-state index contributed by atoms with van der Waals surface area (Å²) in [4.78, 5) is 11.5. The molecule has 1 aliphatic carbocycles. The van der Waals surface area contributed by atoms with Crippen LogP contribution in [0.1, 0.15) is 48.6 Å². The van der Waals surface area contributed by atoms with E-state index in [9.17, 15) is 5.11 Å². The van der Waals surface area contributed by atoms with Crippen LogP contribution >= 0.6 is 0 Å². The van der Waals surface area contributed by atoms with Gasteiger partial charge in [-0.2, -0.15) is 0 Å². The van der Waals surface area contributed by atoms with Crippen LogP contribution in [0.4, 0.5) is 0 Å². The third kappa shape index (κ3) is 6.64. The van der Waals surface area contributed by atoms with Crippen LogP contribution in [0.3, 0.4) is 0 Å². The Labute approximate surface area is 192 Å². The lowest BCUT2D eigenvalue weighted by Gasteiger charge is -2.24. The van der Waals surface area contributed by atoms with Gasteiger partial charge in [-0.3, -0.25) is 0 Å². The highest BCUT2D eigenvalue weighted by atomic mass is 16.5. The highest BCUT2D eigenvalue weighted by molar-refractivity contribution is 5.43. The summed E-state index contributed by atoms with van der Waals surface area (Å²) < 4.78 is 11.3. The number of hydrogen-bond acceptors (Lipinski definition) is 7. The fourth-order valence-corrected chi connectivity index (χ4v) is 3.95. The molecular weight excluding hydrogens is 404 g/mol. The summed E-state index contributed by atoms with van der Waals surface area (Å²) in [6.45, 7) is 8.63. The van der Waals surface area contributed by atoms with Gasteiger partial charge < -0.3 is 24.8 Å². The lowest BCUT2D eigenvalue weighted by Crippen LogP contribution is -2.36. The summed E-state index contributed by atoms with van der Waals surface area (Å²) in [5, 5.41) is 13.7. The minimum absolute atomic E-state index is 0.227. The van der Waals surface area contributed by atoms with E-state index < -0.39 is 6.10 Å². The van der Waals surface area contributed by atoms with E-state index in [1.54, 1.807) is 7.11 Å². The molecule has 0 fully saturated rings. The largest absolute Gasteiger partial charge is 0.493 e. The molecule has 0 spiro atoms. The van der Waals surface area contributed by atoms with E-state index >= 15 is 0 Å². The van der Waals surface area contributed by atoms with Crippen molar-refractivity contribution in [3.63, 3.8) is 0 Å². The van der Waals surface area contributed by atoms with Crippen molar-refractivity contribution < 1.29 is 14.6 Å². The van der Waals surface area contributed by atoms with Gasteiger partial charge in [0.1, 0.15) is 18.5 Å². The quantitative estimate of drug-likeness (QED) is 0.489. The van der Waals surface area contributed by atoms with Crippen LogP contribution in [0.15, 0.2) is 18.2 Å². The van der Waals surface area contributed by atoms with Crippen molar-refractivity contribution in [2.75, 3.05) is 33.9 Å². The summed E-state index contributed by atoms with van der Waals surface area (Å²) >= 11 is 0. The van der Waals surface area contributed by atoms with Crippen LogP contribution in [0.5, 0.6) is 11.5 Å². The molecule has 0 bridgehead atoms. The summed E-state index contributed by atoms with van der Waals surface area (Å²) in [6.07, 6.45) is 3.66. The van der Waals surface area contributed by atoms with Crippen LogP contribution < -0.4 is 14.8 Å². The van der Waals surface area contributed by atoms with Crippen LogP contribution in [-0.4, -0.2) is 66.0 Å². The Bertz CT molecular complexity index is 888. The smallest absolute Gasteiger partial charge is 0.161 e. The SMILES string of the molecule is COc1cc(CNCCc2nc(C)c3c(n2)CCC3)ccc1OC[C@@H](O)CN(C)C(C)C. The van der Waals surface area contributed by atoms with Crippen molar-refractivity contribution in [1.29, 1.82) is 0 Å². The lowest BCUT2D eigenvalue weighted by molar-refractivity contribution is 0.0668. The van der Waals surface area contributed by atoms with Crippen LogP contribution in [0.2, 0.25) is 0 Å². The predicted molar refractivity (Wildman–Crippen MR) is 126 cm³/mol. The van der Waals surface area contributed by atoms with Gasteiger partial charge in [-0.15, -0.1) is 0 Å². The molecule has 7 nitrogen and oxygen atoms in total. The summed E-state index contributed by atoms with van der Waals surface area (Å²) in [5.74, 6) is 2.24. The zero-order valence-corrected chi connectivity index (χ0v) is 20.1. The first-order valence-electron chi connectivity index (χ1n) is 11.6. The van der Waals surface area contributed by atoms with Crippen molar-refractivity contribution >= 4 is 0 Å². The molecule has 7 heteroatoms. The molecule has 1 aromatic carbocycles. The molecule has 0 aliphatic heterocycles. The molecular formula is C25H38N4O3. The molecule has 3 rings (SSSR count). The number of likely N-dealkylation sites (N-methyl/N-ethyl adjacent to an activating group) is 1. The standard InChI is InChI=1S/C25H38N4O3/c1-17(2)29(4)15-20(30)16-32-23-10-9-19(13-24(23)31-5)14-26-12-11-25-27-18(3)21-7-6-8-22(21)28-25/h9-10,13,17,20,26,30H,6-8,11-12,14-16H2,1-5H3/t20-/m0/s1. The topological polar surface area (TPSA) is 79.7 Å². The molecule has 176 valence electrons. The average molecular weight is 443 g/mol. The third-order valence-electron chi connectivity index (χ3n) is 6.08. The van der Waals surface area contributed by atoms with Gasteiger partial charge in [-0.05, 0) is 70.3 Å². The second-order valence-corrected chi connectivity index (χ2v) is 8.91. The molecule has 0 amide bonds. The van der Waals surface area contributed by atoms with Crippen molar-refractivity contribution in [2.24, 2.45) is 0 Å². The molecule has 1 atom stereocenters. The van der Waals surface area contributed by atoms with Gasteiger partial charge in [-0.1, -0.05) is 6.07 Å². The Balaban J connectivity index is 1.47. The number of nitrogens with one attached hydrogen (secondary N) is 1. The number of fused-ring (bicyclic) bond motifs is 1. The fraction of sp³-hybridized carbons (Fsp3) is 0.600. The van der Waals surface area contributed by atoms with E-state index in [0.717, 1.165) is 49.4 Å². The number of ether oxygens (including phenoxy) is 2. The van der Waals surface area contributed by atoms with Crippen molar-refractivity contribution in [3.05, 3.63) is 46.5 Å². The first-order chi connectivity index (χ1) is 15.4. The minimum atomic E-state index is -0.557. The van der Waals surface area contributed by atoms with Crippen molar-refractivity contribution in [1.82, 2.24) is 20.2 Å². The van der Waals surface area contributed by atoms with Crippen molar-refractivity contribution in [2.45, 2.75) is 65.1 Å². The highest BCUT2D eigenvalue weighted by Crippen LogP contribution is 2.28. The van der Waals surface area contributed by atoms with Gasteiger partial charge in [0.25, 0.3) is 0 Å². The molecule has 0 saturated carbocycles. The Morgan fingerprint density at radius 1 is 1.19 bits per heavy atom. The molecule has 1 aliphatic rings. The van der Waals surface area contributed by atoms with E-state index in [1.807, 2.05) is 25.2 Å². The summed E-state index contributed by atoms with van der Waals surface area (Å²) in [7, 11) is 3.63. The van der Waals surface area contributed by atoms with E-state index in [2.05, 4.69) is 36.0 Å². The molecule has 0 unspecified atom stereocenters. The number of aliphatic hydroxyl groups excluding tert-OH is 1. The zero-order chi connectivity index (χ0) is 23.1. The van der Waals surface area contributed by atoms with Crippen molar-refractivity contribution in [3.8, 4) is 11.5 Å². The maximum atomic E-state index is 10.2. The normalized spacial score (nSPS) is 14.1. The van der Waals surface area contributed by atoms with E-state index in [-0.39, 0.29) is 6.61 Å². The fourth-order valence-electron chi connectivity index (χ4n) is 3.95. The summed E-state index contributed by atoms with van der Waals surface area (Å²) in [6, 6.07) is 6.28. The number of aryl methyl sites for hydroxylation is 2. The second-order valence-electron chi connectivity index (χ2n) is 8.91. The maximum Gasteiger partial charge on any atom is 0.161 e. The van der Waals surface area contributed by atoms with E-state index in [1.165, 1.54) is 17.7 Å². The molecule has 0 saturated heterocycles. The number of rotatable bonds is 12. The Hall–Kier alpha value is -2.22. The number of aliphatic hydroxyl groups is 1. The van der Waals surface area contributed by atoms with Gasteiger partial charge in [0.05, 0.1) is 7.11 Å². The molecule has 2 aromatic rings. The number of nitrogens with zero attached hydrogens (tertiary/aromatic N) is 3. The first-order valence-corrected chi connectivity index (χ1v) is 11.6. The third-order valence-corrected chi connectivity index (χ3v) is 6.08. The van der Waals surface area contributed by atoms with Crippen LogP contribution in [-0.2, 0) is 25.8 Å². The second kappa shape index (κ2) is 11.6. The average Bonchev–Trinajstić information content (AvgIpc) is 3.24. The monoisotopic (exact) mass is 442 g/mol. The highest BCUT2D eigenvalue weighted by Gasteiger charge is 2.17. The number of methoxy groups -OCH3 is 1. The van der Waals surface area contributed by atoms with Gasteiger partial charge in [0.15, 0.2) is 11.5 Å². The zero-order valence-electron chi connectivity index (χ0n) is 20.1. The van der Waals surface area contributed by atoms with Gasteiger partial charge in [-0.25, -0.2) is 9.97 Å². The van der Waals surface area contributed by atoms with E-state index in [0.29, 0.717) is 24.1 Å². The molecule has 1 aromatic heterocycles.